The maximum absolute atomic E-state index is 13.3. The third kappa shape index (κ3) is 3.57. The Morgan fingerprint density at radius 1 is 1.35 bits per heavy atom. The second kappa shape index (κ2) is 6.84. The number of halogens is 1. The Morgan fingerprint density at radius 3 is 2.90 bits per heavy atom. The monoisotopic (exact) mass is 278 g/mol. The van der Waals surface area contributed by atoms with Crippen LogP contribution in [-0.4, -0.2) is 11.9 Å². The number of hydrogen-bond acceptors (Lipinski definition) is 2. The van der Waals surface area contributed by atoms with Gasteiger partial charge in [0.25, 0.3) is 0 Å². The molecule has 3 nitrogen and oxygen atoms in total. The minimum atomic E-state index is -0.429. The Morgan fingerprint density at radius 2 is 2.15 bits per heavy atom. The smallest absolute Gasteiger partial charge is 0.246 e. The summed E-state index contributed by atoms with van der Waals surface area (Å²) in [5.74, 6) is -0.395. The van der Waals surface area contributed by atoms with Crippen molar-refractivity contribution >= 4 is 11.6 Å². The van der Waals surface area contributed by atoms with Crippen molar-refractivity contribution in [3.63, 3.8) is 0 Å². The Hall–Kier alpha value is -1.42. The van der Waals surface area contributed by atoms with Crippen LogP contribution in [0.5, 0.6) is 0 Å². The van der Waals surface area contributed by atoms with Gasteiger partial charge in [0, 0.05) is 17.3 Å². The SMILES string of the molecule is CCCCCCC(C)NC1C(=O)Nc2ccc(F)cc21. The van der Waals surface area contributed by atoms with Crippen LogP contribution in [0.4, 0.5) is 10.1 Å². The van der Waals surface area contributed by atoms with Crippen LogP contribution in [0.2, 0.25) is 0 Å². The highest BCUT2D eigenvalue weighted by molar-refractivity contribution is 6.02. The first-order valence-corrected chi connectivity index (χ1v) is 7.48. The zero-order valence-corrected chi connectivity index (χ0v) is 12.2. The maximum atomic E-state index is 13.3. The molecule has 110 valence electrons. The van der Waals surface area contributed by atoms with E-state index in [0.717, 1.165) is 18.4 Å². The lowest BCUT2D eigenvalue weighted by Crippen LogP contribution is -2.34. The molecule has 0 spiro atoms. The number of hydrogen-bond donors (Lipinski definition) is 2. The van der Waals surface area contributed by atoms with Crippen molar-refractivity contribution in [1.29, 1.82) is 0 Å². The molecule has 2 N–H and O–H groups in total. The minimum Gasteiger partial charge on any atom is -0.324 e. The van der Waals surface area contributed by atoms with Crippen molar-refractivity contribution in [2.24, 2.45) is 0 Å². The van der Waals surface area contributed by atoms with Crippen molar-refractivity contribution in [1.82, 2.24) is 5.32 Å². The summed E-state index contributed by atoms with van der Waals surface area (Å²) in [6.45, 7) is 4.27. The standard InChI is InChI=1S/C16H23FN2O/c1-3-4-5-6-7-11(2)18-15-13-10-12(17)8-9-14(13)19-16(15)20/h8-11,15,18H,3-7H2,1-2H3,(H,19,20). The summed E-state index contributed by atoms with van der Waals surface area (Å²) in [5, 5.41) is 6.10. The van der Waals surface area contributed by atoms with Gasteiger partial charge in [0.15, 0.2) is 0 Å². The van der Waals surface area contributed by atoms with E-state index in [9.17, 15) is 9.18 Å². The van der Waals surface area contributed by atoms with Gasteiger partial charge < -0.3 is 5.32 Å². The number of rotatable bonds is 7. The molecular formula is C16H23FN2O. The molecule has 4 heteroatoms. The molecule has 2 atom stereocenters. The molecule has 0 aliphatic carbocycles. The van der Waals surface area contributed by atoms with E-state index in [1.54, 1.807) is 6.07 Å². The number of anilines is 1. The number of carbonyl (C=O) groups excluding carboxylic acids is 1. The average Bonchev–Trinajstić information content (AvgIpc) is 2.71. The van der Waals surface area contributed by atoms with Crippen molar-refractivity contribution in [2.75, 3.05) is 5.32 Å². The lowest BCUT2D eigenvalue weighted by atomic mass is 10.0. The van der Waals surface area contributed by atoms with E-state index >= 15 is 0 Å². The van der Waals surface area contributed by atoms with Crippen LogP contribution in [0.15, 0.2) is 18.2 Å². The van der Waals surface area contributed by atoms with Crippen LogP contribution in [-0.2, 0) is 4.79 Å². The normalized spacial score (nSPS) is 18.8. The van der Waals surface area contributed by atoms with Gasteiger partial charge in [0.05, 0.1) is 0 Å². The van der Waals surface area contributed by atoms with Crippen LogP contribution in [0.1, 0.15) is 57.6 Å². The second-order valence-corrected chi connectivity index (χ2v) is 5.57. The lowest BCUT2D eigenvalue weighted by Gasteiger charge is -2.18. The zero-order chi connectivity index (χ0) is 14.5. The molecule has 20 heavy (non-hydrogen) atoms. The maximum Gasteiger partial charge on any atom is 0.246 e. The van der Waals surface area contributed by atoms with Gasteiger partial charge in [-0.2, -0.15) is 0 Å². The van der Waals surface area contributed by atoms with Gasteiger partial charge in [-0.25, -0.2) is 4.39 Å². The Labute approximate surface area is 120 Å². The number of fused-ring (bicyclic) bond motifs is 1. The summed E-state index contributed by atoms with van der Waals surface area (Å²) in [6.07, 6.45) is 5.90. The topological polar surface area (TPSA) is 41.1 Å². The zero-order valence-electron chi connectivity index (χ0n) is 12.2. The molecule has 1 aliphatic rings. The first-order valence-electron chi connectivity index (χ1n) is 7.48. The first kappa shape index (κ1) is 15.0. The van der Waals surface area contributed by atoms with Gasteiger partial charge in [-0.1, -0.05) is 32.6 Å². The molecule has 0 bridgehead atoms. The predicted octanol–water partition coefficient (Wildman–Crippen LogP) is 3.77. The van der Waals surface area contributed by atoms with Crippen LogP contribution >= 0.6 is 0 Å². The van der Waals surface area contributed by atoms with Crippen LogP contribution in [0, 0.1) is 5.82 Å². The molecule has 2 unspecified atom stereocenters. The fourth-order valence-electron chi connectivity index (χ4n) is 2.64. The Balaban J connectivity index is 1.93. The number of unbranched alkanes of at least 4 members (excludes halogenated alkanes) is 3. The third-order valence-electron chi connectivity index (χ3n) is 3.79. The molecule has 2 rings (SSSR count). The summed E-state index contributed by atoms with van der Waals surface area (Å²) in [5.41, 5.74) is 1.43. The highest BCUT2D eigenvalue weighted by atomic mass is 19.1. The van der Waals surface area contributed by atoms with Crippen molar-refractivity contribution in [2.45, 2.75) is 58.0 Å². The summed E-state index contributed by atoms with van der Waals surface area (Å²) in [6, 6.07) is 4.25. The number of nitrogens with one attached hydrogen (secondary N) is 2. The summed E-state index contributed by atoms with van der Waals surface area (Å²) in [7, 11) is 0. The van der Waals surface area contributed by atoms with E-state index in [2.05, 4.69) is 24.5 Å². The molecule has 0 fully saturated rings. The van der Waals surface area contributed by atoms with Gasteiger partial charge >= 0.3 is 0 Å². The van der Waals surface area contributed by atoms with Crippen LogP contribution in [0.3, 0.4) is 0 Å². The van der Waals surface area contributed by atoms with Crippen molar-refractivity contribution < 1.29 is 9.18 Å². The summed E-state index contributed by atoms with van der Waals surface area (Å²) >= 11 is 0. The number of carbonyl (C=O) groups is 1. The first-order chi connectivity index (χ1) is 9.61. The van der Waals surface area contributed by atoms with E-state index < -0.39 is 6.04 Å². The molecule has 1 heterocycles. The molecule has 0 radical (unpaired) electrons. The fraction of sp³-hybridized carbons (Fsp3) is 0.562. The molecule has 1 amide bonds. The Bertz CT molecular complexity index is 476. The van der Waals surface area contributed by atoms with E-state index in [4.69, 9.17) is 0 Å². The third-order valence-corrected chi connectivity index (χ3v) is 3.79. The largest absolute Gasteiger partial charge is 0.324 e. The van der Waals surface area contributed by atoms with Gasteiger partial charge in [-0.15, -0.1) is 0 Å². The van der Waals surface area contributed by atoms with E-state index in [0.29, 0.717) is 5.69 Å². The lowest BCUT2D eigenvalue weighted by molar-refractivity contribution is -0.117. The molecule has 1 aromatic carbocycles. The Kier molecular flexibility index (Phi) is 5.12. The van der Waals surface area contributed by atoms with Crippen LogP contribution in [0.25, 0.3) is 0 Å². The molecule has 0 aromatic heterocycles. The average molecular weight is 278 g/mol. The highest BCUT2D eigenvalue weighted by Gasteiger charge is 2.31. The molecule has 1 aromatic rings. The molecule has 0 saturated carbocycles. The highest BCUT2D eigenvalue weighted by Crippen LogP contribution is 2.31. The summed E-state index contributed by atoms with van der Waals surface area (Å²) < 4.78 is 13.3. The van der Waals surface area contributed by atoms with Gasteiger partial charge in [-0.3, -0.25) is 10.1 Å². The molecule has 1 aliphatic heterocycles. The quantitative estimate of drug-likeness (QED) is 0.745. The van der Waals surface area contributed by atoms with E-state index in [1.807, 2.05) is 0 Å². The molecule has 0 saturated heterocycles. The van der Waals surface area contributed by atoms with Gasteiger partial charge in [-0.05, 0) is 31.5 Å². The summed E-state index contributed by atoms with van der Waals surface area (Å²) in [4.78, 5) is 12.0. The van der Waals surface area contributed by atoms with Gasteiger partial charge in [0.1, 0.15) is 11.9 Å². The number of amides is 1. The van der Waals surface area contributed by atoms with E-state index in [1.165, 1.54) is 31.4 Å². The molecular weight excluding hydrogens is 255 g/mol. The second-order valence-electron chi connectivity index (χ2n) is 5.57. The van der Waals surface area contributed by atoms with Crippen LogP contribution < -0.4 is 10.6 Å². The van der Waals surface area contributed by atoms with Crippen molar-refractivity contribution in [3.05, 3.63) is 29.6 Å². The fourth-order valence-corrected chi connectivity index (χ4v) is 2.64. The minimum absolute atomic E-state index is 0.0917. The van der Waals surface area contributed by atoms with Crippen molar-refractivity contribution in [3.8, 4) is 0 Å². The van der Waals surface area contributed by atoms with Gasteiger partial charge in [0.2, 0.25) is 5.91 Å². The predicted molar refractivity (Wildman–Crippen MR) is 79.1 cm³/mol. The van der Waals surface area contributed by atoms with E-state index in [-0.39, 0.29) is 17.8 Å². The number of benzene rings is 1.